The molecule has 1 atom stereocenters. The molecule has 0 radical (unpaired) electrons. The molecule has 144 valence electrons. The lowest BCUT2D eigenvalue weighted by Crippen LogP contribution is -2.51. The third-order valence-corrected chi connectivity index (χ3v) is 6.34. The molecule has 5 heteroatoms. The fraction of sp³-hybridized carbons (Fsp3) is 0.667. The molecular formula is C21H32N2O3. The van der Waals surface area contributed by atoms with Crippen LogP contribution in [0.5, 0.6) is 11.5 Å². The third-order valence-electron chi connectivity index (χ3n) is 6.34. The van der Waals surface area contributed by atoms with Crippen molar-refractivity contribution < 1.29 is 14.3 Å². The molecule has 5 nitrogen and oxygen atoms in total. The predicted octanol–water partition coefficient (Wildman–Crippen LogP) is 2.88. The SMILES string of the molecule is COc1ccc(C2(CNC(=O)C(C)C3CNC3)CCCCC2)cc1OC. The molecule has 3 rings (SSSR count). The minimum Gasteiger partial charge on any atom is -0.493 e. The molecule has 2 aliphatic rings. The van der Waals surface area contributed by atoms with Gasteiger partial charge in [-0.15, -0.1) is 0 Å². The second-order valence-electron chi connectivity index (χ2n) is 7.84. The van der Waals surface area contributed by atoms with E-state index in [1.807, 2.05) is 13.0 Å². The lowest BCUT2D eigenvalue weighted by molar-refractivity contribution is -0.127. The first-order chi connectivity index (χ1) is 12.6. The largest absolute Gasteiger partial charge is 0.493 e. The van der Waals surface area contributed by atoms with Gasteiger partial charge in [0.25, 0.3) is 0 Å². The summed E-state index contributed by atoms with van der Waals surface area (Å²) in [5.41, 5.74) is 1.23. The number of nitrogens with one attached hydrogen (secondary N) is 2. The number of hydrogen-bond acceptors (Lipinski definition) is 4. The standard InChI is InChI=1S/C21H32N2O3/c1-15(16-12-22-13-16)20(24)23-14-21(9-5-4-6-10-21)17-7-8-18(25-2)19(11-17)26-3/h7-8,11,15-16,22H,4-6,9-10,12-14H2,1-3H3,(H,23,24). The van der Waals surface area contributed by atoms with Crippen molar-refractivity contribution in [1.29, 1.82) is 0 Å². The first-order valence-electron chi connectivity index (χ1n) is 9.80. The van der Waals surface area contributed by atoms with E-state index in [0.717, 1.165) is 37.4 Å². The molecule has 2 N–H and O–H groups in total. The fourth-order valence-corrected chi connectivity index (χ4v) is 4.26. The summed E-state index contributed by atoms with van der Waals surface area (Å²) in [5, 5.41) is 6.52. The average molecular weight is 360 g/mol. The Kier molecular flexibility index (Phi) is 6.07. The van der Waals surface area contributed by atoms with Crippen molar-refractivity contribution in [1.82, 2.24) is 10.6 Å². The normalized spacial score (nSPS) is 20.7. The molecule has 1 unspecified atom stereocenters. The van der Waals surface area contributed by atoms with E-state index in [0.29, 0.717) is 12.5 Å². The topological polar surface area (TPSA) is 59.6 Å². The van der Waals surface area contributed by atoms with Gasteiger partial charge in [-0.05, 0) is 49.5 Å². The second-order valence-corrected chi connectivity index (χ2v) is 7.84. The monoisotopic (exact) mass is 360 g/mol. The highest BCUT2D eigenvalue weighted by Crippen LogP contribution is 2.42. The van der Waals surface area contributed by atoms with Crippen LogP contribution in [0.2, 0.25) is 0 Å². The number of carbonyl (C=O) groups excluding carboxylic acids is 1. The molecular weight excluding hydrogens is 328 g/mol. The van der Waals surface area contributed by atoms with Gasteiger partial charge in [-0.3, -0.25) is 4.79 Å². The molecule has 26 heavy (non-hydrogen) atoms. The number of hydrogen-bond donors (Lipinski definition) is 2. The van der Waals surface area contributed by atoms with Crippen LogP contribution in [0.25, 0.3) is 0 Å². The smallest absolute Gasteiger partial charge is 0.223 e. The first-order valence-corrected chi connectivity index (χ1v) is 9.80. The van der Waals surface area contributed by atoms with Gasteiger partial charge in [0.15, 0.2) is 11.5 Å². The summed E-state index contributed by atoms with van der Waals surface area (Å²) in [6.07, 6.45) is 5.87. The van der Waals surface area contributed by atoms with Crippen LogP contribution >= 0.6 is 0 Å². The van der Waals surface area contributed by atoms with Crippen molar-refractivity contribution in [3.63, 3.8) is 0 Å². The van der Waals surface area contributed by atoms with Crippen LogP contribution in [0.15, 0.2) is 18.2 Å². The molecule has 1 aromatic rings. The van der Waals surface area contributed by atoms with Crippen molar-refractivity contribution in [3.05, 3.63) is 23.8 Å². The Bertz CT molecular complexity index is 622. The summed E-state index contributed by atoms with van der Waals surface area (Å²) in [6, 6.07) is 6.21. The minimum absolute atomic E-state index is 0.00888. The van der Waals surface area contributed by atoms with Crippen molar-refractivity contribution >= 4 is 5.91 Å². The van der Waals surface area contributed by atoms with Gasteiger partial charge >= 0.3 is 0 Å². The number of benzene rings is 1. The Labute approximate surface area is 156 Å². The van der Waals surface area contributed by atoms with E-state index in [9.17, 15) is 4.79 Å². The molecule has 1 heterocycles. The highest BCUT2D eigenvalue weighted by molar-refractivity contribution is 5.79. The Balaban J connectivity index is 1.77. The van der Waals surface area contributed by atoms with Gasteiger partial charge in [-0.25, -0.2) is 0 Å². The summed E-state index contributed by atoms with van der Waals surface area (Å²) >= 11 is 0. The number of ether oxygens (including phenoxy) is 2. The van der Waals surface area contributed by atoms with Crippen LogP contribution < -0.4 is 20.1 Å². The molecule has 1 aromatic carbocycles. The Morgan fingerprint density at radius 3 is 2.46 bits per heavy atom. The van der Waals surface area contributed by atoms with Crippen molar-refractivity contribution in [2.24, 2.45) is 11.8 Å². The lowest BCUT2D eigenvalue weighted by atomic mass is 9.69. The molecule has 0 spiro atoms. The van der Waals surface area contributed by atoms with E-state index < -0.39 is 0 Å². The Morgan fingerprint density at radius 1 is 1.19 bits per heavy atom. The lowest BCUT2D eigenvalue weighted by Gasteiger charge is -2.39. The number of amides is 1. The quantitative estimate of drug-likeness (QED) is 0.785. The van der Waals surface area contributed by atoms with Crippen LogP contribution in [0.4, 0.5) is 0 Å². The van der Waals surface area contributed by atoms with Crippen LogP contribution in [-0.4, -0.2) is 39.8 Å². The Hall–Kier alpha value is -1.75. The summed E-state index contributed by atoms with van der Waals surface area (Å²) < 4.78 is 10.9. The molecule has 1 saturated carbocycles. The number of carbonyl (C=O) groups is 1. The fourth-order valence-electron chi connectivity index (χ4n) is 4.26. The molecule has 1 amide bonds. The molecule has 1 aliphatic heterocycles. The number of methoxy groups -OCH3 is 2. The van der Waals surface area contributed by atoms with Crippen molar-refractivity contribution in [2.45, 2.75) is 44.4 Å². The summed E-state index contributed by atoms with van der Waals surface area (Å²) in [7, 11) is 3.33. The van der Waals surface area contributed by atoms with E-state index in [-0.39, 0.29) is 17.2 Å². The maximum Gasteiger partial charge on any atom is 0.223 e. The zero-order chi connectivity index (χ0) is 18.6. The van der Waals surface area contributed by atoms with Crippen molar-refractivity contribution in [3.8, 4) is 11.5 Å². The van der Waals surface area contributed by atoms with Gasteiger partial charge in [0.1, 0.15) is 0 Å². The molecule has 0 bridgehead atoms. The third kappa shape index (κ3) is 3.83. The van der Waals surface area contributed by atoms with Gasteiger partial charge in [0, 0.05) is 17.9 Å². The molecule has 0 aromatic heterocycles. The maximum absolute atomic E-state index is 12.6. The van der Waals surface area contributed by atoms with Crippen LogP contribution in [0, 0.1) is 11.8 Å². The summed E-state index contributed by atoms with van der Waals surface area (Å²) in [5.74, 6) is 2.23. The summed E-state index contributed by atoms with van der Waals surface area (Å²) in [4.78, 5) is 12.6. The van der Waals surface area contributed by atoms with Crippen LogP contribution in [-0.2, 0) is 10.2 Å². The van der Waals surface area contributed by atoms with Crippen LogP contribution in [0.1, 0.15) is 44.6 Å². The Morgan fingerprint density at radius 2 is 1.88 bits per heavy atom. The van der Waals surface area contributed by atoms with Gasteiger partial charge in [-0.2, -0.15) is 0 Å². The molecule has 2 fully saturated rings. The number of rotatable bonds is 7. The van der Waals surface area contributed by atoms with E-state index >= 15 is 0 Å². The van der Waals surface area contributed by atoms with Crippen molar-refractivity contribution in [2.75, 3.05) is 33.9 Å². The zero-order valence-electron chi connectivity index (χ0n) is 16.3. The van der Waals surface area contributed by atoms with Crippen LogP contribution in [0.3, 0.4) is 0 Å². The van der Waals surface area contributed by atoms with E-state index in [2.05, 4.69) is 22.8 Å². The van der Waals surface area contributed by atoms with E-state index in [1.54, 1.807) is 14.2 Å². The van der Waals surface area contributed by atoms with E-state index in [1.165, 1.54) is 24.8 Å². The summed E-state index contributed by atoms with van der Waals surface area (Å²) in [6.45, 7) is 4.65. The van der Waals surface area contributed by atoms with Gasteiger partial charge in [-0.1, -0.05) is 32.3 Å². The molecule has 1 saturated heterocycles. The minimum atomic E-state index is -0.00888. The van der Waals surface area contributed by atoms with Gasteiger partial charge in [0.05, 0.1) is 14.2 Å². The first kappa shape index (κ1) is 19.0. The predicted molar refractivity (Wildman–Crippen MR) is 103 cm³/mol. The molecule has 1 aliphatic carbocycles. The zero-order valence-corrected chi connectivity index (χ0v) is 16.3. The highest BCUT2D eigenvalue weighted by Gasteiger charge is 2.36. The average Bonchev–Trinajstić information content (AvgIpc) is 2.64. The van der Waals surface area contributed by atoms with Gasteiger partial charge in [0.2, 0.25) is 5.91 Å². The van der Waals surface area contributed by atoms with E-state index in [4.69, 9.17) is 9.47 Å². The maximum atomic E-state index is 12.6. The van der Waals surface area contributed by atoms with Gasteiger partial charge < -0.3 is 20.1 Å². The highest BCUT2D eigenvalue weighted by atomic mass is 16.5. The second kappa shape index (κ2) is 8.30.